The SMILES string of the molecule is CNCC1(CN2CCCC(C)(OC)C2)CCCC(C)C1. The molecule has 0 bridgehead atoms. The number of likely N-dealkylation sites (tertiary alicyclic amines) is 1. The van der Waals surface area contributed by atoms with Gasteiger partial charge in [-0.2, -0.15) is 0 Å². The van der Waals surface area contributed by atoms with Crippen LogP contribution < -0.4 is 5.32 Å². The maximum atomic E-state index is 5.75. The second kappa shape index (κ2) is 6.76. The molecule has 1 aliphatic carbocycles. The number of nitrogens with one attached hydrogen (secondary N) is 1. The van der Waals surface area contributed by atoms with E-state index in [2.05, 4.69) is 31.1 Å². The minimum Gasteiger partial charge on any atom is -0.377 e. The molecule has 1 saturated heterocycles. The van der Waals surface area contributed by atoms with Crippen LogP contribution in [0.5, 0.6) is 0 Å². The Kier molecular flexibility index (Phi) is 5.49. The van der Waals surface area contributed by atoms with Crippen molar-refractivity contribution in [3.05, 3.63) is 0 Å². The van der Waals surface area contributed by atoms with Crippen molar-refractivity contribution >= 4 is 0 Å². The van der Waals surface area contributed by atoms with Crippen LogP contribution in [0.4, 0.5) is 0 Å². The van der Waals surface area contributed by atoms with Crippen molar-refractivity contribution in [2.45, 2.75) is 58.0 Å². The first kappa shape index (κ1) is 16.3. The van der Waals surface area contributed by atoms with Crippen molar-refractivity contribution in [2.24, 2.45) is 11.3 Å². The number of hydrogen-bond acceptors (Lipinski definition) is 3. The van der Waals surface area contributed by atoms with Gasteiger partial charge in [0.2, 0.25) is 0 Å². The molecule has 2 fully saturated rings. The molecule has 2 rings (SSSR count). The van der Waals surface area contributed by atoms with E-state index < -0.39 is 0 Å². The number of rotatable bonds is 5. The van der Waals surface area contributed by atoms with E-state index in [-0.39, 0.29) is 5.60 Å². The normalized spacial score (nSPS) is 39.9. The molecule has 0 radical (unpaired) electrons. The molecule has 1 aliphatic heterocycles. The van der Waals surface area contributed by atoms with Crippen molar-refractivity contribution in [3.8, 4) is 0 Å². The molecule has 0 aromatic carbocycles. The Morgan fingerprint density at radius 3 is 2.75 bits per heavy atom. The molecule has 118 valence electrons. The number of hydrogen-bond donors (Lipinski definition) is 1. The summed E-state index contributed by atoms with van der Waals surface area (Å²) >= 11 is 0. The lowest BCUT2D eigenvalue weighted by Crippen LogP contribution is -2.53. The van der Waals surface area contributed by atoms with Gasteiger partial charge in [0.25, 0.3) is 0 Å². The molecule has 0 aromatic heterocycles. The first-order valence-corrected chi connectivity index (χ1v) is 8.43. The topological polar surface area (TPSA) is 24.5 Å². The van der Waals surface area contributed by atoms with E-state index in [1.165, 1.54) is 51.6 Å². The van der Waals surface area contributed by atoms with Crippen LogP contribution in [0.3, 0.4) is 0 Å². The highest BCUT2D eigenvalue weighted by atomic mass is 16.5. The molecule has 3 unspecified atom stereocenters. The zero-order valence-electron chi connectivity index (χ0n) is 14.0. The van der Waals surface area contributed by atoms with Crippen molar-refractivity contribution in [1.82, 2.24) is 10.2 Å². The molecule has 3 atom stereocenters. The van der Waals surface area contributed by atoms with E-state index >= 15 is 0 Å². The summed E-state index contributed by atoms with van der Waals surface area (Å²) in [5.41, 5.74) is 0.553. The Hall–Kier alpha value is -0.120. The van der Waals surface area contributed by atoms with E-state index in [1.807, 2.05) is 7.11 Å². The third-order valence-corrected chi connectivity index (χ3v) is 5.53. The summed E-state index contributed by atoms with van der Waals surface area (Å²) in [6.45, 7) is 9.46. The largest absolute Gasteiger partial charge is 0.377 e. The molecule has 1 heterocycles. The molecule has 3 heteroatoms. The van der Waals surface area contributed by atoms with Crippen molar-refractivity contribution < 1.29 is 4.74 Å². The molecular weight excluding hydrogens is 248 g/mol. The van der Waals surface area contributed by atoms with Crippen LogP contribution in [0.25, 0.3) is 0 Å². The highest BCUT2D eigenvalue weighted by Gasteiger charge is 2.39. The average molecular weight is 282 g/mol. The van der Waals surface area contributed by atoms with E-state index in [4.69, 9.17) is 4.74 Å². The van der Waals surface area contributed by atoms with Crippen LogP contribution in [0, 0.1) is 11.3 Å². The summed E-state index contributed by atoms with van der Waals surface area (Å²) in [5.74, 6) is 0.885. The highest BCUT2D eigenvalue weighted by Crippen LogP contribution is 2.40. The third kappa shape index (κ3) is 3.96. The molecular formula is C17H34N2O. The van der Waals surface area contributed by atoms with Gasteiger partial charge >= 0.3 is 0 Å². The predicted molar refractivity (Wildman–Crippen MR) is 85.1 cm³/mol. The third-order valence-electron chi connectivity index (χ3n) is 5.53. The molecule has 0 aromatic rings. The van der Waals surface area contributed by atoms with Gasteiger partial charge in [0.1, 0.15) is 0 Å². The van der Waals surface area contributed by atoms with Crippen LogP contribution in [0.15, 0.2) is 0 Å². The van der Waals surface area contributed by atoms with Gasteiger partial charge in [0.05, 0.1) is 5.60 Å². The fraction of sp³-hybridized carbons (Fsp3) is 1.00. The Labute approximate surface area is 125 Å². The van der Waals surface area contributed by atoms with Gasteiger partial charge in [0.15, 0.2) is 0 Å². The minimum atomic E-state index is 0.0688. The van der Waals surface area contributed by atoms with Gasteiger partial charge < -0.3 is 10.1 Å². The van der Waals surface area contributed by atoms with Crippen LogP contribution in [-0.2, 0) is 4.74 Å². The second-order valence-corrected chi connectivity index (χ2v) is 7.70. The Morgan fingerprint density at radius 1 is 1.30 bits per heavy atom. The lowest BCUT2D eigenvalue weighted by atomic mass is 9.69. The average Bonchev–Trinajstić information content (AvgIpc) is 2.39. The van der Waals surface area contributed by atoms with E-state index in [1.54, 1.807) is 0 Å². The molecule has 0 amide bonds. The summed E-state index contributed by atoms with van der Waals surface area (Å²) in [7, 11) is 3.98. The predicted octanol–water partition coefficient (Wildman–Crippen LogP) is 2.90. The monoisotopic (exact) mass is 282 g/mol. The van der Waals surface area contributed by atoms with Gasteiger partial charge in [0, 0.05) is 26.7 Å². The fourth-order valence-electron chi connectivity index (χ4n) is 4.59. The smallest absolute Gasteiger partial charge is 0.0777 e. The number of piperidine rings is 1. The fourth-order valence-corrected chi connectivity index (χ4v) is 4.59. The Bertz CT molecular complexity index is 305. The van der Waals surface area contributed by atoms with Gasteiger partial charge in [-0.3, -0.25) is 4.90 Å². The summed E-state index contributed by atoms with van der Waals surface area (Å²) < 4.78 is 5.75. The lowest BCUT2D eigenvalue weighted by Gasteiger charge is -2.47. The van der Waals surface area contributed by atoms with Crippen molar-refractivity contribution in [3.63, 3.8) is 0 Å². The molecule has 1 N–H and O–H groups in total. The molecule has 1 saturated carbocycles. The maximum absolute atomic E-state index is 5.75. The minimum absolute atomic E-state index is 0.0688. The van der Waals surface area contributed by atoms with Gasteiger partial charge in [-0.05, 0) is 57.5 Å². The first-order chi connectivity index (χ1) is 9.51. The molecule has 3 nitrogen and oxygen atoms in total. The lowest BCUT2D eigenvalue weighted by molar-refractivity contribution is -0.0633. The van der Waals surface area contributed by atoms with Crippen molar-refractivity contribution in [1.29, 1.82) is 0 Å². The quantitative estimate of drug-likeness (QED) is 0.839. The van der Waals surface area contributed by atoms with Crippen LogP contribution >= 0.6 is 0 Å². The molecule has 2 aliphatic rings. The van der Waals surface area contributed by atoms with Gasteiger partial charge in [-0.25, -0.2) is 0 Å². The number of methoxy groups -OCH3 is 1. The standard InChI is InChI=1S/C17H34N2O/c1-15-7-5-9-17(11-15,12-18-3)14-19-10-6-8-16(2,13-19)20-4/h15,18H,5-14H2,1-4H3. The van der Waals surface area contributed by atoms with E-state index in [0.29, 0.717) is 5.41 Å². The van der Waals surface area contributed by atoms with Crippen LogP contribution in [-0.4, -0.2) is 50.8 Å². The summed E-state index contributed by atoms with van der Waals surface area (Å²) in [6, 6.07) is 0. The summed E-state index contributed by atoms with van der Waals surface area (Å²) in [4.78, 5) is 2.67. The first-order valence-electron chi connectivity index (χ1n) is 8.43. The van der Waals surface area contributed by atoms with Crippen LogP contribution in [0.1, 0.15) is 52.4 Å². The number of ether oxygens (including phenoxy) is 1. The Balaban J connectivity index is 2.00. The Morgan fingerprint density at radius 2 is 2.10 bits per heavy atom. The second-order valence-electron chi connectivity index (χ2n) is 7.70. The zero-order chi connectivity index (χ0) is 14.6. The van der Waals surface area contributed by atoms with Crippen molar-refractivity contribution in [2.75, 3.05) is 40.3 Å². The summed E-state index contributed by atoms with van der Waals surface area (Å²) in [6.07, 6.45) is 8.07. The number of nitrogens with zero attached hydrogens (tertiary/aromatic N) is 1. The van der Waals surface area contributed by atoms with E-state index in [0.717, 1.165) is 19.0 Å². The van der Waals surface area contributed by atoms with Gasteiger partial charge in [-0.15, -0.1) is 0 Å². The zero-order valence-corrected chi connectivity index (χ0v) is 14.0. The van der Waals surface area contributed by atoms with E-state index in [9.17, 15) is 0 Å². The summed E-state index contributed by atoms with van der Waals surface area (Å²) in [5, 5.41) is 3.47. The molecule has 0 spiro atoms. The highest BCUT2D eigenvalue weighted by molar-refractivity contribution is 4.93. The van der Waals surface area contributed by atoms with Gasteiger partial charge in [-0.1, -0.05) is 19.8 Å². The van der Waals surface area contributed by atoms with Crippen LogP contribution in [0.2, 0.25) is 0 Å². The maximum Gasteiger partial charge on any atom is 0.0777 e. The molecule has 20 heavy (non-hydrogen) atoms.